The molecule has 1 amide bonds. The van der Waals surface area contributed by atoms with Gasteiger partial charge in [-0.1, -0.05) is 6.92 Å². The molecular formula is C12H23N3O. The highest BCUT2D eigenvalue weighted by atomic mass is 16.1. The summed E-state index contributed by atoms with van der Waals surface area (Å²) in [6.07, 6.45) is 1.62. The average Bonchev–Trinajstić information content (AvgIpc) is 2.71. The zero-order chi connectivity index (χ0) is 11.9. The fourth-order valence-corrected chi connectivity index (χ4v) is 3.22. The van der Waals surface area contributed by atoms with Crippen molar-refractivity contribution < 1.29 is 4.79 Å². The molecule has 3 unspecified atom stereocenters. The summed E-state index contributed by atoms with van der Waals surface area (Å²) in [6, 6.07) is 1.37. The molecule has 0 aromatic heterocycles. The zero-order valence-corrected chi connectivity index (χ0v) is 10.4. The van der Waals surface area contributed by atoms with Gasteiger partial charge in [0.25, 0.3) is 0 Å². The molecule has 16 heavy (non-hydrogen) atoms. The average molecular weight is 225 g/mol. The summed E-state index contributed by atoms with van der Waals surface area (Å²) in [5.41, 5.74) is 6.23. The van der Waals surface area contributed by atoms with Gasteiger partial charge < -0.3 is 11.1 Å². The molecule has 0 aromatic carbocycles. The van der Waals surface area contributed by atoms with E-state index < -0.39 is 0 Å². The quantitative estimate of drug-likeness (QED) is 0.727. The molecule has 1 heterocycles. The number of likely N-dealkylation sites (tertiary alicyclic amines) is 1. The number of nitrogens with one attached hydrogen (secondary N) is 1. The van der Waals surface area contributed by atoms with Gasteiger partial charge in [0.2, 0.25) is 5.91 Å². The SMILES string of the molecule is CCC(=O)N[C@H]1CC2CN(C(C)C)C1C2N. The Labute approximate surface area is 97.6 Å². The predicted octanol–water partition coefficient (Wildman–Crippen LogP) is 0.321. The first-order valence-corrected chi connectivity index (χ1v) is 6.35. The highest BCUT2D eigenvalue weighted by molar-refractivity contribution is 5.76. The lowest BCUT2D eigenvalue weighted by Gasteiger charge is -2.36. The monoisotopic (exact) mass is 225 g/mol. The third kappa shape index (κ3) is 1.84. The molecule has 0 spiro atoms. The largest absolute Gasteiger partial charge is 0.352 e. The van der Waals surface area contributed by atoms with Crippen LogP contribution in [-0.4, -0.2) is 41.5 Å². The Hall–Kier alpha value is -0.610. The summed E-state index contributed by atoms with van der Waals surface area (Å²) in [7, 11) is 0. The van der Waals surface area contributed by atoms with Gasteiger partial charge >= 0.3 is 0 Å². The lowest BCUT2D eigenvalue weighted by Crippen LogP contribution is -2.54. The summed E-state index contributed by atoms with van der Waals surface area (Å²) in [4.78, 5) is 13.9. The van der Waals surface area contributed by atoms with Crippen LogP contribution in [-0.2, 0) is 4.79 Å². The van der Waals surface area contributed by atoms with Crippen molar-refractivity contribution in [3.63, 3.8) is 0 Å². The second-order valence-corrected chi connectivity index (χ2v) is 5.38. The number of rotatable bonds is 3. The van der Waals surface area contributed by atoms with E-state index in [9.17, 15) is 4.79 Å². The Morgan fingerprint density at radius 3 is 2.75 bits per heavy atom. The summed E-state index contributed by atoms with van der Waals surface area (Å²) in [5, 5.41) is 3.11. The summed E-state index contributed by atoms with van der Waals surface area (Å²) in [5.74, 6) is 0.711. The summed E-state index contributed by atoms with van der Waals surface area (Å²) < 4.78 is 0. The van der Waals surface area contributed by atoms with Crippen LogP contribution in [0, 0.1) is 5.92 Å². The fourth-order valence-electron chi connectivity index (χ4n) is 3.22. The van der Waals surface area contributed by atoms with Gasteiger partial charge in [-0.05, 0) is 26.2 Å². The number of carbonyl (C=O) groups is 1. The normalized spacial score (nSPS) is 38.3. The minimum absolute atomic E-state index is 0.147. The minimum Gasteiger partial charge on any atom is -0.352 e. The van der Waals surface area contributed by atoms with Crippen molar-refractivity contribution in [3.05, 3.63) is 0 Å². The zero-order valence-electron chi connectivity index (χ0n) is 10.4. The van der Waals surface area contributed by atoms with Crippen molar-refractivity contribution in [2.45, 2.75) is 57.8 Å². The maximum absolute atomic E-state index is 11.5. The molecule has 0 radical (unpaired) electrons. The van der Waals surface area contributed by atoms with E-state index in [1.807, 2.05) is 6.92 Å². The molecule has 1 saturated carbocycles. The van der Waals surface area contributed by atoms with E-state index in [-0.39, 0.29) is 18.0 Å². The van der Waals surface area contributed by atoms with Crippen LogP contribution in [0.1, 0.15) is 33.6 Å². The van der Waals surface area contributed by atoms with E-state index in [1.54, 1.807) is 0 Å². The number of hydrogen-bond donors (Lipinski definition) is 2. The van der Waals surface area contributed by atoms with E-state index in [0.717, 1.165) is 13.0 Å². The Kier molecular flexibility index (Phi) is 3.22. The standard InChI is InChI=1S/C12H23N3O/c1-4-10(16)14-9-5-8-6-15(7(2)3)12(9)11(8)13/h7-9,11-12H,4-6,13H2,1-3H3,(H,14,16)/t8?,9-,11?,12?/m0/s1. The highest BCUT2D eigenvalue weighted by Gasteiger charge is 2.51. The third-order valence-corrected chi connectivity index (χ3v) is 4.07. The lowest BCUT2D eigenvalue weighted by molar-refractivity contribution is -0.122. The molecule has 1 aliphatic heterocycles. The van der Waals surface area contributed by atoms with Gasteiger partial charge in [-0.15, -0.1) is 0 Å². The van der Waals surface area contributed by atoms with Crippen LogP contribution in [0.15, 0.2) is 0 Å². The van der Waals surface area contributed by atoms with E-state index in [4.69, 9.17) is 5.73 Å². The van der Waals surface area contributed by atoms with Crippen molar-refractivity contribution in [2.24, 2.45) is 11.7 Å². The molecule has 1 saturated heterocycles. The smallest absolute Gasteiger partial charge is 0.219 e. The van der Waals surface area contributed by atoms with Crippen LogP contribution in [0.4, 0.5) is 0 Å². The van der Waals surface area contributed by atoms with Crippen LogP contribution in [0.3, 0.4) is 0 Å². The van der Waals surface area contributed by atoms with Crippen molar-refractivity contribution >= 4 is 5.91 Å². The third-order valence-electron chi connectivity index (χ3n) is 4.07. The maximum atomic E-state index is 11.5. The minimum atomic E-state index is 0.147. The van der Waals surface area contributed by atoms with Crippen LogP contribution in [0.5, 0.6) is 0 Å². The van der Waals surface area contributed by atoms with Gasteiger partial charge in [-0.25, -0.2) is 0 Å². The van der Waals surface area contributed by atoms with Crippen molar-refractivity contribution in [3.8, 4) is 0 Å². The highest BCUT2D eigenvalue weighted by Crippen LogP contribution is 2.38. The molecule has 0 aromatic rings. The number of fused-ring (bicyclic) bond motifs is 2. The molecule has 4 nitrogen and oxygen atoms in total. The Morgan fingerprint density at radius 2 is 2.25 bits per heavy atom. The van der Waals surface area contributed by atoms with Gasteiger partial charge in [0.1, 0.15) is 0 Å². The van der Waals surface area contributed by atoms with Crippen molar-refractivity contribution in [1.82, 2.24) is 10.2 Å². The van der Waals surface area contributed by atoms with Gasteiger partial charge in [0.05, 0.1) is 0 Å². The molecule has 3 N–H and O–H groups in total. The number of nitrogens with zero attached hydrogens (tertiary/aromatic N) is 1. The molecule has 2 aliphatic rings. The van der Waals surface area contributed by atoms with E-state index in [1.165, 1.54) is 0 Å². The first-order valence-electron chi connectivity index (χ1n) is 6.35. The van der Waals surface area contributed by atoms with Crippen LogP contribution in [0.25, 0.3) is 0 Å². The second-order valence-electron chi connectivity index (χ2n) is 5.38. The van der Waals surface area contributed by atoms with E-state index in [2.05, 4.69) is 24.1 Å². The summed E-state index contributed by atoms with van der Waals surface area (Å²) in [6.45, 7) is 7.39. The Balaban J connectivity index is 2.05. The fraction of sp³-hybridized carbons (Fsp3) is 0.917. The van der Waals surface area contributed by atoms with Gasteiger partial charge in [-0.2, -0.15) is 0 Å². The van der Waals surface area contributed by atoms with Gasteiger partial charge in [0.15, 0.2) is 0 Å². The summed E-state index contributed by atoms with van der Waals surface area (Å²) >= 11 is 0. The van der Waals surface area contributed by atoms with Crippen molar-refractivity contribution in [1.29, 1.82) is 0 Å². The molecular weight excluding hydrogens is 202 g/mol. The van der Waals surface area contributed by atoms with Gasteiger partial charge in [-0.3, -0.25) is 9.69 Å². The maximum Gasteiger partial charge on any atom is 0.219 e. The Bertz CT molecular complexity index is 279. The predicted molar refractivity (Wildman–Crippen MR) is 63.9 cm³/mol. The topological polar surface area (TPSA) is 58.4 Å². The van der Waals surface area contributed by atoms with E-state index in [0.29, 0.717) is 24.4 Å². The van der Waals surface area contributed by atoms with Crippen LogP contribution < -0.4 is 11.1 Å². The lowest BCUT2D eigenvalue weighted by atomic mass is 10.0. The van der Waals surface area contributed by atoms with Crippen LogP contribution in [0.2, 0.25) is 0 Å². The Morgan fingerprint density at radius 1 is 1.56 bits per heavy atom. The molecule has 92 valence electrons. The van der Waals surface area contributed by atoms with Gasteiger partial charge in [0, 0.05) is 37.1 Å². The number of nitrogens with two attached hydrogens (primary N) is 1. The number of piperidine rings is 1. The molecule has 4 heteroatoms. The number of amides is 1. The molecule has 1 aliphatic carbocycles. The molecule has 4 atom stereocenters. The first kappa shape index (κ1) is 11.9. The molecule has 2 bridgehead atoms. The van der Waals surface area contributed by atoms with Crippen molar-refractivity contribution in [2.75, 3.05) is 6.54 Å². The second kappa shape index (κ2) is 4.34. The van der Waals surface area contributed by atoms with E-state index >= 15 is 0 Å². The molecule has 2 fully saturated rings. The molecule has 2 rings (SSSR count). The first-order chi connectivity index (χ1) is 7.54. The number of hydrogen-bond acceptors (Lipinski definition) is 3. The number of carbonyl (C=O) groups excluding carboxylic acids is 1. The van der Waals surface area contributed by atoms with Crippen LogP contribution >= 0.6 is 0 Å².